The van der Waals surface area contributed by atoms with Crippen molar-refractivity contribution in [1.29, 1.82) is 0 Å². The van der Waals surface area contributed by atoms with Crippen molar-refractivity contribution in [2.24, 2.45) is 0 Å². The molecule has 0 bridgehead atoms. The fourth-order valence-corrected chi connectivity index (χ4v) is 4.16. The van der Waals surface area contributed by atoms with Gasteiger partial charge < -0.3 is 5.32 Å². The molecule has 0 unspecified atom stereocenters. The van der Waals surface area contributed by atoms with E-state index in [4.69, 9.17) is 9.97 Å². The first-order valence-corrected chi connectivity index (χ1v) is 11.0. The van der Waals surface area contributed by atoms with Crippen molar-refractivity contribution < 1.29 is 0 Å². The van der Waals surface area contributed by atoms with Crippen molar-refractivity contribution in [3.05, 3.63) is 121 Å². The molecule has 6 rings (SSSR count). The van der Waals surface area contributed by atoms with Crippen LogP contribution >= 0.6 is 0 Å². The first-order valence-electron chi connectivity index (χ1n) is 11.0. The molecule has 0 saturated carbocycles. The van der Waals surface area contributed by atoms with Crippen LogP contribution < -0.4 is 5.32 Å². The van der Waals surface area contributed by atoms with Gasteiger partial charge in [0.1, 0.15) is 11.6 Å². The number of benzene rings is 4. The average molecular weight is 424 g/mol. The van der Waals surface area contributed by atoms with E-state index >= 15 is 0 Å². The second-order valence-corrected chi connectivity index (χ2v) is 8.06. The van der Waals surface area contributed by atoms with Gasteiger partial charge in [0.15, 0.2) is 0 Å². The number of hydrogen-bond acceptors (Lipinski definition) is 3. The number of aromatic nitrogens is 2. The Morgan fingerprint density at radius 2 is 0.848 bits per heavy atom. The number of hydrogen-bond donors (Lipinski definition) is 1. The standard InChI is InChI=1S/C30H21N3/c1-3-9-23-19-25(17-15-21(23)7-1)27-11-5-13-29(31-27)33-30-14-6-12-28(32-30)26-18-16-22-8-2-4-10-24(22)20-26/h1-20H,(H,31,32,33). The van der Waals surface area contributed by atoms with Gasteiger partial charge in [0.05, 0.1) is 11.4 Å². The van der Waals surface area contributed by atoms with E-state index < -0.39 is 0 Å². The van der Waals surface area contributed by atoms with Gasteiger partial charge in [0, 0.05) is 11.1 Å². The lowest BCUT2D eigenvalue weighted by Crippen LogP contribution is -1.98. The second-order valence-electron chi connectivity index (χ2n) is 8.06. The summed E-state index contributed by atoms with van der Waals surface area (Å²) in [6.45, 7) is 0. The van der Waals surface area contributed by atoms with E-state index in [0.717, 1.165) is 34.2 Å². The third-order valence-corrected chi connectivity index (χ3v) is 5.84. The molecule has 0 amide bonds. The molecule has 0 atom stereocenters. The Morgan fingerprint density at radius 1 is 0.394 bits per heavy atom. The summed E-state index contributed by atoms with van der Waals surface area (Å²) in [7, 11) is 0. The van der Waals surface area contributed by atoms with E-state index in [9.17, 15) is 0 Å². The van der Waals surface area contributed by atoms with Crippen LogP contribution in [0.2, 0.25) is 0 Å². The van der Waals surface area contributed by atoms with Crippen LogP contribution in [0.25, 0.3) is 44.1 Å². The molecule has 2 heterocycles. The van der Waals surface area contributed by atoms with Gasteiger partial charge in [-0.05, 0) is 57.9 Å². The van der Waals surface area contributed by atoms with Crippen molar-refractivity contribution in [3.8, 4) is 22.5 Å². The number of nitrogens with zero attached hydrogens (tertiary/aromatic N) is 2. The summed E-state index contributed by atoms with van der Waals surface area (Å²) in [5.74, 6) is 1.53. The van der Waals surface area contributed by atoms with Gasteiger partial charge in [-0.1, -0.05) is 84.9 Å². The molecule has 6 aromatic rings. The third kappa shape index (κ3) is 3.92. The zero-order valence-electron chi connectivity index (χ0n) is 17.9. The lowest BCUT2D eigenvalue weighted by molar-refractivity contribution is 1.25. The fraction of sp³-hybridized carbons (Fsp3) is 0. The molecule has 0 saturated heterocycles. The highest BCUT2D eigenvalue weighted by Crippen LogP contribution is 2.27. The van der Waals surface area contributed by atoms with Crippen LogP contribution in [0.4, 0.5) is 11.6 Å². The largest absolute Gasteiger partial charge is 0.325 e. The molecule has 1 N–H and O–H groups in total. The number of anilines is 2. The van der Waals surface area contributed by atoms with Gasteiger partial charge in [0.25, 0.3) is 0 Å². The Hall–Kier alpha value is -4.50. The zero-order chi connectivity index (χ0) is 22.0. The van der Waals surface area contributed by atoms with Crippen molar-refractivity contribution in [2.75, 3.05) is 5.32 Å². The summed E-state index contributed by atoms with van der Waals surface area (Å²) in [6.07, 6.45) is 0. The molecule has 0 spiro atoms. The molecule has 2 aromatic heterocycles. The second kappa shape index (κ2) is 8.21. The quantitative estimate of drug-likeness (QED) is 0.314. The lowest BCUT2D eigenvalue weighted by atomic mass is 10.0. The van der Waals surface area contributed by atoms with Crippen LogP contribution in [-0.4, -0.2) is 9.97 Å². The number of nitrogens with one attached hydrogen (secondary N) is 1. The van der Waals surface area contributed by atoms with Crippen LogP contribution in [0, 0.1) is 0 Å². The van der Waals surface area contributed by atoms with E-state index in [1.165, 1.54) is 21.5 Å². The van der Waals surface area contributed by atoms with Crippen LogP contribution in [-0.2, 0) is 0 Å². The van der Waals surface area contributed by atoms with Crippen LogP contribution in [0.3, 0.4) is 0 Å². The van der Waals surface area contributed by atoms with Gasteiger partial charge >= 0.3 is 0 Å². The van der Waals surface area contributed by atoms with Crippen molar-refractivity contribution >= 4 is 33.2 Å². The minimum Gasteiger partial charge on any atom is -0.325 e. The van der Waals surface area contributed by atoms with E-state index in [1.54, 1.807) is 0 Å². The normalized spacial score (nSPS) is 11.0. The molecule has 0 radical (unpaired) electrons. The minimum atomic E-state index is 0.767. The maximum absolute atomic E-state index is 4.84. The Labute approximate surface area is 192 Å². The minimum absolute atomic E-state index is 0.767. The van der Waals surface area contributed by atoms with Gasteiger partial charge in [-0.25, -0.2) is 9.97 Å². The van der Waals surface area contributed by atoms with Crippen LogP contribution in [0.5, 0.6) is 0 Å². The number of fused-ring (bicyclic) bond motifs is 2. The van der Waals surface area contributed by atoms with Gasteiger partial charge in [-0.3, -0.25) is 0 Å². The molecule has 156 valence electrons. The molecular weight excluding hydrogens is 402 g/mol. The molecule has 4 aromatic carbocycles. The summed E-state index contributed by atoms with van der Waals surface area (Å²) in [5.41, 5.74) is 4.04. The Bertz CT molecular complexity index is 1480. The maximum atomic E-state index is 4.84. The molecule has 3 heteroatoms. The van der Waals surface area contributed by atoms with E-state index in [1.807, 2.05) is 36.4 Å². The number of rotatable bonds is 4. The van der Waals surface area contributed by atoms with Crippen molar-refractivity contribution in [1.82, 2.24) is 9.97 Å². The smallest absolute Gasteiger partial charge is 0.132 e. The van der Waals surface area contributed by atoms with Gasteiger partial charge in [-0.15, -0.1) is 0 Å². The monoisotopic (exact) mass is 423 g/mol. The summed E-state index contributed by atoms with van der Waals surface area (Å²) in [4.78, 5) is 9.67. The Morgan fingerprint density at radius 3 is 1.33 bits per heavy atom. The first kappa shape index (κ1) is 19.2. The molecule has 33 heavy (non-hydrogen) atoms. The summed E-state index contributed by atoms with van der Waals surface area (Å²) in [6, 6.07) is 41.7. The number of pyridine rings is 2. The highest BCUT2D eigenvalue weighted by atomic mass is 15.1. The van der Waals surface area contributed by atoms with Gasteiger partial charge in [-0.2, -0.15) is 0 Å². The molecule has 0 aliphatic carbocycles. The maximum Gasteiger partial charge on any atom is 0.132 e. The highest BCUT2D eigenvalue weighted by Gasteiger charge is 2.06. The molecule has 0 fully saturated rings. The van der Waals surface area contributed by atoms with Crippen LogP contribution in [0.15, 0.2) is 121 Å². The summed E-state index contributed by atoms with van der Waals surface area (Å²) >= 11 is 0. The van der Waals surface area contributed by atoms with E-state index in [2.05, 4.69) is 90.2 Å². The predicted octanol–water partition coefficient (Wildman–Crippen LogP) is 7.86. The third-order valence-electron chi connectivity index (χ3n) is 5.84. The van der Waals surface area contributed by atoms with E-state index in [-0.39, 0.29) is 0 Å². The molecule has 3 nitrogen and oxygen atoms in total. The topological polar surface area (TPSA) is 37.8 Å². The summed E-state index contributed by atoms with van der Waals surface area (Å²) < 4.78 is 0. The Kier molecular flexibility index (Phi) is 4.78. The predicted molar refractivity (Wildman–Crippen MR) is 138 cm³/mol. The molecule has 0 aliphatic heterocycles. The van der Waals surface area contributed by atoms with Crippen LogP contribution in [0.1, 0.15) is 0 Å². The summed E-state index contributed by atoms with van der Waals surface area (Å²) in [5, 5.41) is 8.25. The zero-order valence-corrected chi connectivity index (χ0v) is 17.9. The first-order chi connectivity index (χ1) is 16.3. The van der Waals surface area contributed by atoms with Gasteiger partial charge in [0.2, 0.25) is 0 Å². The molecular formula is C30H21N3. The lowest BCUT2D eigenvalue weighted by Gasteiger charge is -2.10. The average Bonchev–Trinajstić information content (AvgIpc) is 2.88. The SMILES string of the molecule is c1cc(Nc2cccc(-c3ccc4ccccc4c3)n2)nc(-c2ccc3ccccc3c2)c1. The fourth-order valence-electron chi connectivity index (χ4n) is 4.16. The van der Waals surface area contributed by atoms with E-state index in [0.29, 0.717) is 0 Å². The van der Waals surface area contributed by atoms with Crippen molar-refractivity contribution in [3.63, 3.8) is 0 Å². The van der Waals surface area contributed by atoms with Crippen molar-refractivity contribution in [2.45, 2.75) is 0 Å². The Balaban J connectivity index is 1.30. The molecule has 0 aliphatic rings. The highest BCUT2D eigenvalue weighted by molar-refractivity contribution is 5.88.